The van der Waals surface area contributed by atoms with Crippen LogP contribution in [-0.4, -0.2) is 19.8 Å². The summed E-state index contributed by atoms with van der Waals surface area (Å²) < 4.78 is 11.3. The molecule has 0 saturated heterocycles. The summed E-state index contributed by atoms with van der Waals surface area (Å²) in [6.45, 7) is 8.39. The zero-order valence-corrected chi connectivity index (χ0v) is 14.2. The van der Waals surface area contributed by atoms with Crippen LogP contribution in [0.15, 0.2) is 30.3 Å². The van der Waals surface area contributed by atoms with Crippen molar-refractivity contribution in [1.29, 1.82) is 0 Å². The maximum atomic E-state index is 6.11. The summed E-state index contributed by atoms with van der Waals surface area (Å²) in [5.74, 6) is 2.01. The fourth-order valence-electron chi connectivity index (χ4n) is 3.64. The molecule has 122 valence electrons. The van der Waals surface area contributed by atoms with E-state index in [0.29, 0.717) is 25.7 Å². The molecule has 2 aromatic carbocycles. The smallest absolute Gasteiger partial charge is 0.161 e. The molecule has 0 spiro atoms. The van der Waals surface area contributed by atoms with Gasteiger partial charge < -0.3 is 15.2 Å². The molecule has 2 aromatic rings. The molecule has 0 radical (unpaired) electrons. The van der Waals surface area contributed by atoms with E-state index >= 15 is 0 Å². The van der Waals surface area contributed by atoms with Gasteiger partial charge in [0.1, 0.15) is 13.2 Å². The molecule has 3 nitrogen and oxygen atoms in total. The number of hydrogen-bond acceptors (Lipinski definition) is 3. The molecule has 3 heteroatoms. The van der Waals surface area contributed by atoms with Gasteiger partial charge in [0.2, 0.25) is 0 Å². The number of ether oxygens (including phenoxy) is 2. The van der Waals surface area contributed by atoms with Crippen LogP contribution in [0.3, 0.4) is 0 Å². The number of rotatable bonds is 4. The van der Waals surface area contributed by atoms with Crippen molar-refractivity contribution in [2.75, 3.05) is 19.8 Å². The predicted octanol–water partition coefficient (Wildman–Crippen LogP) is 3.67. The maximum absolute atomic E-state index is 6.11. The fraction of sp³-hybridized carbons (Fsp3) is 0.400. The molecule has 2 N–H and O–H groups in total. The molecule has 0 fully saturated rings. The first-order chi connectivity index (χ1) is 11.1. The number of fused-ring (bicyclic) bond motifs is 1. The number of nitrogens with two attached hydrogens (primary N) is 1. The predicted molar refractivity (Wildman–Crippen MR) is 93.6 cm³/mol. The van der Waals surface area contributed by atoms with Crippen molar-refractivity contribution in [2.24, 2.45) is 5.73 Å². The molecule has 0 amide bonds. The van der Waals surface area contributed by atoms with Gasteiger partial charge >= 0.3 is 0 Å². The van der Waals surface area contributed by atoms with E-state index in [0.717, 1.165) is 17.9 Å². The van der Waals surface area contributed by atoms with Gasteiger partial charge in [-0.3, -0.25) is 0 Å². The van der Waals surface area contributed by atoms with Crippen LogP contribution in [0, 0.1) is 20.8 Å². The largest absolute Gasteiger partial charge is 0.486 e. The van der Waals surface area contributed by atoms with Crippen molar-refractivity contribution in [2.45, 2.75) is 33.1 Å². The molecule has 1 unspecified atom stereocenters. The van der Waals surface area contributed by atoms with E-state index < -0.39 is 0 Å². The third-order valence-corrected chi connectivity index (χ3v) is 4.52. The normalized spacial score (nSPS) is 14.6. The van der Waals surface area contributed by atoms with Gasteiger partial charge in [-0.25, -0.2) is 0 Å². The molecule has 1 aliphatic heterocycles. The Labute approximate surface area is 138 Å². The molecule has 3 rings (SSSR count). The Balaban J connectivity index is 1.88. The first-order valence-electron chi connectivity index (χ1n) is 8.25. The van der Waals surface area contributed by atoms with Crippen LogP contribution in [-0.2, 0) is 6.42 Å². The standard InChI is InChI=1S/C20H25NO2/c1-13-8-14(2)20(15(3)9-13)17(12-21)10-16-4-5-18-19(11-16)23-7-6-22-18/h4-5,8-9,11,17H,6-7,10,12,21H2,1-3H3. The van der Waals surface area contributed by atoms with Crippen molar-refractivity contribution in [3.05, 3.63) is 58.1 Å². The minimum absolute atomic E-state index is 0.318. The summed E-state index contributed by atoms with van der Waals surface area (Å²) in [4.78, 5) is 0. The van der Waals surface area contributed by atoms with Crippen molar-refractivity contribution >= 4 is 0 Å². The first-order valence-corrected chi connectivity index (χ1v) is 8.25. The number of hydrogen-bond donors (Lipinski definition) is 1. The average molecular weight is 311 g/mol. The van der Waals surface area contributed by atoms with Crippen LogP contribution >= 0.6 is 0 Å². The number of benzene rings is 2. The van der Waals surface area contributed by atoms with E-state index in [-0.39, 0.29) is 0 Å². The molecule has 1 aliphatic rings. The van der Waals surface area contributed by atoms with E-state index in [1.165, 1.54) is 27.8 Å². The Kier molecular flexibility index (Phi) is 4.58. The maximum Gasteiger partial charge on any atom is 0.161 e. The highest BCUT2D eigenvalue weighted by molar-refractivity contribution is 5.45. The third-order valence-electron chi connectivity index (χ3n) is 4.52. The summed E-state index contributed by atoms with van der Waals surface area (Å²) in [7, 11) is 0. The van der Waals surface area contributed by atoms with Crippen LogP contribution in [0.25, 0.3) is 0 Å². The molecular formula is C20H25NO2. The van der Waals surface area contributed by atoms with Crippen molar-refractivity contribution in [3.8, 4) is 11.5 Å². The van der Waals surface area contributed by atoms with Crippen LogP contribution in [0.1, 0.15) is 33.7 Å². The van der Waals surface area contributed by atoms with Crippen LogP contribution < -0.4 is 15.2 Å². The summed E-state index contributed by atoms with van der Waals surface area (Å²) in [5.41, 5.74) is 12.7. The Hall–Kier alpha value is -2.00. The SMILES string of the molecule is Cc1cc(C)c(C(CN)Cc2ccc3c(c2)OCCO3)c(C)c1. The Bertz CT molecular complexity index is 686. The van der Waals surface area contributed by atoms with Gasteiger partial charge in [0.05, 0.1) is 0 Å². The zero-order valence-electron chi connectivity index (χ0n) is 14.2. The molecule has 0 aliphatic carbocycles. The second kappa shape index (κ2) is 6.63. The lowest BCUT2D eigenvalue weighted by atomic mass is 9.85. The van der Waals surface area contributed by atoms with E-state index in [4.69, 9.17) is 15.2 Å². The van der Waals surface area contributed by atoms with Gasteiger partial charge in [0.25, 0.3) is 0 Å². The molecule has 1 heterocycles. The summed E-state index contributed by atoms with van der Waals surface area (Å²) in [5, 5.41) is 0. The highest BCUT2D eigenvalue weighted by Crippen LogP contribution is 2.33. The van der Waals surface area contributed by atoms with E-state index in [9.17, 15) is 0 Å². The van der Waals surface area contributed by atoms with Gasteiger partial charge in [-0.2, -0.15) is 0 Å². The highest BCUT2D eigenvalue weighted by atomic mass is 16.6. The van der Waals surface area contributed by atoms with Crippen LogP contribution in [0.5, 0.6) is 11.5 Å². The molecule has 0 saturated carbocycles. The third kappa shape index (κ3) is 3.35. The second-order valence-corrected chi connectivity index (χ2v) is 6.43. The minimum atomic E-state index is 0.318. The molecule has 0 bridgehead atoms. The van der Waals surface area contributed by atoms with Gasteiger partial charge in [0.15, 0.2) is 11.5 Å². The molecule has 1 atom stereocenters. The van der Waals surface area contributed by atoms with E-state index in [2.05, 4.69) is 45.0 Å². The van der Waals surface area contributed by atoms with E-state index in [1.807, 2.05) is 6.07 Å². The monoisotopic (exact) mass is 311 g/mol. The lowest BCUT2D eigenvalue weighted by Gasteiger charge is -2.23. The Morgan fingerprint density at radius 3 is 2.26 bits per heavy atom. The Morgan fingerprint density at radius 1 is 0.957 bits per heavy atom. The lowest BCUT2D eigenvalue weighted by Crippen LogP contribution is -2.18. The van der Waals surface area contributed by atoms with Gasteiger partial charge in [-0.05, 0) is 68.1 Å². The molecular weight excluding hydrogens is 286 g/mol. The van der Waals surface area contributed by atoms with Gasteiger partial charge in [-0.1, -0.05) is 23.8 Å². The quantitative estimate of drug-likeness (QED) is 0.937. The summed E-state index contributed by atoms with van der Waals surface area (Å²) in [6, 6.07) is 10.7. The first kappa shape index (κ1) is 15.9. The minimum Gasteiger partial charge on any atom is -0.486 e. The van der Waals surface area contributed by atoms with Crippen molar-refractivity contribution in [3.63, 3.8) is 0 Å². The highest BCUT2D eigenvalue weighted by Gasteiger charge is 2.18. The molecule has 0 aromatic heterocycles. The van der Waals surface area contributed by atoms with Gasteiger partial charge in [-0.15, -0.1) is 0 Å². The van der Waals surface area contributed by atoms with Crippen LogP contribution in [0.4, 0.5) is 0 Å². The van der Waals surface area contributed by atoms with E-state index in [1.54, 1.807) is 0 Å². The van der Waals surface area contributed by atoms with Crippen molar-refractivity contribution < 1.29 is 9.47 Å². The summed E-state index contributed by atoms with van der Waals surface area (Å²) >= 11 is 0. The van der Waals surface area contributed by atoms with Crippen LogP contribution in [0.2, 0.25) is 0 Å². The summed E-state index contributed by atoms with van der Waals surface area (Å²) in [6.07, 6.45) is 0.915. The van der Waals surface area contributed by atoms with Crippen molar-refractivity contribution in [1.82, 2.24) is 0 Å². The lowest BCUT2D eigenvalue weighted by molar-refractivity contribution is 0.171. The average Bonchev–Trinajstić information content (AvgIpc) is 2.52. The number of aryl methyl sites for hydroxylation is 3. The fourth-order valence-corrected chi connectivity index (χ4v) is 3.64. The second-order valence-electron chi connectivity index (χ2n) is 6.43. The Morgan fingerprint density at radius 2 is 1.61 bits per heavy atom. The molecule has 23 heavy (non-hydrogen) atoms. The topological polar surface area (TPSA) is 44.5 Å². The van der Waals surface area contributed by atoms with Gasteiger partial charge in [0, 0.05) is 5.92 Å². The zero-order chi connectivity index (χ0) is 16.4.